The summed E-state index contributed by atoms with van der Waals surface area (Å²) in [4.78, 5) is 23.4. The molecule has 20 heavy (non-hydrogen) atoms. The van der Waals surface area contributed by atoms with E-state index in [4.69, 9.17) is 14.2 Å². The molecule has 0 aliphatic heterocycles. The summed E-state index contributed by atoms with van der Waals surface area (Å²) in [6.45, 7) is 7.29. The lowest BCUT2D eigenvalue weighted by Gasteiger charge is -2.24. The van der Waals surface area contributed by atoms with Gasteiger partial charge < -0.3 is 14.2 Å². The monoisotopic (exact) mass is 280 g/mol. The second-order valence-corrected chi connectivity index (χ2v) is 4.58. The highest BCUT2D eigenvalue weighted by atomic mass is 16.6. The fourth-order valence-corrected chi connectivity index (χ4v) is 1.54. The maximum atomic E-state index is 11.8. The van der Waals surface area contributed by atoms with Crippen molar-refractivity contribution in [2.45, 2.75) is 33.3 Å². The minimum Gasteiger partial charge on any atom is -0.476 e. The summed E-state index contributed by atoms with van der Waals surface area (Å²) in [5.74, 6) is -0.470. The summed E-state index contributed by atoms with van der Waals surface area (Å²) in [6.07, 6.45) is 0. The topological polar surface area (TPSA) is 61.8 Å². The first-order valence-electron chi connectivity index (χ1n) is 6.54. The molecule has 0 N–H and O–H groups in total. The van der Waals surface area contributed by atoms with Crippen molar-refractivity contribution in [3.63, 3.8) is 0 Å². The minimum atomic E-state index is -1.12. The Hall–Kier alpha value is -2.04. The van der Waals surface area contributed by atoms with Crippen LogP contribution in [0.4, 0.5) is 0 Å². The standard InChI is InChI=1S/C15H20O5/c1-5-18-13(16)11-8-7-9-12(10-11)20-15(3,4)14(17)19-6-2/h7-10H,5-6H2,1-4H3. The number of hydrogen-bond donors (Lipinski definition) is 0. The predicted octanol–water partition coefficient (Wildman–Crippen LogP) is 2.58. The van der Waals surface area contributed by atoms with Gasteiger partial charge in [0.05, 0.1) is 18.8 Å². The van der Waals surface area contributed by atoms with Crippen LogP contribution in [-0.2, 0) is 14.3 Å². The van der Waals surface area contributed by atoms with Crippen LogP contribution in [0.25, 0.3) is 0 Å². The van der Waals surface area contributed by atoms with Gasteiger partial charge in [0.15, 0.2) is 5.60 Å². The van der Waals surface area contributed by atoms with E-state index in [1.807, 2.05) is 0 Å². The third kappa shape index (κ3) is 4.26. The van der Waals surface area contributed by atoms with Crippen molar-refractivity contribution < 1.29 is 23.8 Å². The van der Waals surface area contributed by atoms with Crippen molar-refractivity contribution in [2.24, 2.45) is 0 Å². The molecule has 0 fully saturated rings. The molecule has 5 heteroatoms. The van der Waals surface area contributed by atoms with Crippen molar-refractivity contribution in [1.29, 1.82) is 0 Å². The lowest BCUT2D eigenvalue weighted by Crippen LogP contribution is -2.39. The Balaban J connectivity index is 2.85. The molecule has 1 rings (SSSR count). The second kappa shape index (κ2) is 6.93. The van der Waals surface area contributed by atoms with Crippen LogP contribution >= 0.6 is 0 Å². The van der Waals surface area contributed by atoms with Gasteiger partial charge in [0.1, 0.15) is 5.75 Å². The number of benzene rings is 1. The van der Waals surface area contributed by atoms with Crippen molar-refractivity contribution in [1.82, 2.24) is 0 Å². The zero-order valence-electron chi connectivity index (χ0n) is 12.3. The van der Waals surface area contributed by atoms with E-state index in [2.05, 4.69) is 0 Å². The Morgan fingerprint density at radius 3 is 2.35 bits per heavy atom. The largest absolute Gasteiger partial charge is 0.476 e. The van der Waals surface area contributed by atoms with E-state index in [0.29, 0.717) is 17.9 Å². The van der Waals surface area contributed by atoms with Gasteiger partial charge in [0.25, 0.3) is 0 Å². The highest BCUT2D eigenvalue weighted by Crippen LogP contribution is 2.21. The summed E-state index contributed by atoms with van der Waals surface area (Å²) in [5.41, 5.74) is -0.743. The van der Waals surface area contributed by atoms with Gasteiger partial charge >= 0.3 is 11.9 Å². The average molecular weight is 280 g/mol. The third-order valence-corrected chi connectivity index (χ3v) is 2.49. The van der Waals surface area contributed by atoms with Gasteiger partial charge in [-0.1, -0.05) is 6.07 Å². The Bertz CT molecular complexity index is 479. The lowest BCUT2D eigenvalue weighted by molar-refractivity contribution is -0.158. The van der Waals surface area contributed by atoms with Gasteiger partial charge in [-0.2, -0.15) is 0 Å². The van der Waals surface area contributed by atoms with Crippen LogP contribution in [0.1, 0.15) is 38.1 Å². The molecule has 0 bridgehead atoms. The second-order valence-electron chi connectivity index (χ2n) is 4.58. The summed E-state index contributed by atoms with van der Waals surface area (Å²) >= 11 is 0. The summed E-state index contributed by atoms with van der Waals surface area (Å²) in [7, 11) is 0. The molecule has 1 aromatic carbocycles. The summed E-state index contributed by atoms with van der Waals surface area (Å²) in [6, 6.07) is 6.51. The highest BCUT2D eigenvalue weighted by molar-refractivity contribution is 5.89. The predicted molar refractivity (Wildman–Crippen MR) is 73.7 cm³/mol. The number of carbonyl (C=O) groups excluding carboxylic acids is 2. The first-order chi connectivity index (χ1) is 9.40. The van der Waals surface area contributed by atoms with Gasteiger partial charge in [0, 0.05) is 0 Å². The Morgan fingerprint density at radius 1 is 1.10 bits per heavy atom. The smallest absolute Gasteiger partial charge is 0.349 e. The zero-order valence-corrected chi connectivity index (χ0v) is 12.3. The Labute approximate surface area is 118 Å². The van der Waals surface area contributed by atoms with E-state index in [9.17, 15) is 9.59 Å². The Morgan fingerprint density at radius 2 is 1.75 bits per heavy atom. The van der Waals surface area contributed by atoms with E-state index in [1.165, 1.54) is 0 Å². The minimum absolute atomic E-state index is 0.286. The van der Waals surface area contributed by atoms with Crippen LogP contribution in [0.5, 0.6) is 5.75 Å². The van der Waals surface area contributed by atoms with Crippen molar-refractivity contribution in [3.05, 3.63) is 29.8 Å². The van der Waals surface area contributed by atoms with Crippen LogP contribution in [0.2, 0.25) is 0 Å². The van der Waals surface area contributed by atoms with E-state index in [0.717, 1.165) is 0 Å². The van der Waals surface area contributed by atoms with Crippen LogP contribution in [-0.4, -0.2) is 30.8 Å². The molecule has 0 unspecified atom stereocenters. The van der Waals surface area contributed by atoms with Gasteiger partial charge in [-0.05, 0) is 45.9 Å². The molecule has 0 aliphatic rings. The van der Waals surface area contributed by atoms with Gasteiger partial charge in [0.2, 0.25) is 0 Å². The number of esters is 2. The molecule has 0 aromatic heterocycles. The van der Waals surface area contributed by atoms with Crippen LogP contribution in [0.3, 0.4) is 0 Å². The van der Waals surface area contributed by atoms with E-state index >= 15 is 0 Å². The molecule has 0 aliphatic carbocycles. The van der Waals surface area contributed by atoms with Crippen molar-refractivity contribution in [3.8, 4) is 5.75 Å². The maximum absolute atomic E-state index is 11.8. The van der Waals surface area contributed by atoms with E-state index in [-0.39, 0.29) is 6.61 Å². The summed E-state index contributed by atoms with van der Waals surface area (Å²) < 4.78 is 15.5. The molecule has 110 valence electrons. The fraction of sp³-hybridized carbons (Fsp3) is 0.467. The molecule has 0 radical (unpaired) electrons. The van der Waals surface area contributed by atoms with Gasteiger partial charge in [-0.25, -0.2) is 9.59 Å². The molecule has 1 aromatic rings. The fourth-order valence-electron chi connectivity index (χ4n) is 1.54. The summed E-state index contributed by atoms with van der Waals surface area (Å²) in [5, 5.41) is 0. The Kier molecular flexibility index (Phi) is 5.55. The average Bonchev–Trinajstić information content (AvgIpc) is 2.39. The van der Waals surface area contributed by atoms with E-state index < -0.39 is 17.5 Å². The number of ether oxygens (including phenoxy) is 3. The highest BCUT2D eigenvalue weighted by Gasteiger charge is 2.31. The van der Waals surface area contributed by atoms with Crippen molar-refractivity contribution in [2.75, 3.05) is 13.2 Å². The number of carbonyl (C=O) groups is 2. The SMILES string of the molecule is CCOC(=O)c1cccc(OC(C)(C)C(=O)OCC)c1. The molecule has 5 nitrogen and oxygen atoms in total. The number of hydrogen-bond acceptors (Lipinski definition) is 5. The zero-order chi connectivity index (χ0) is 15.2. The molecule has 0 saturated carbocycles. The lowest BCUT2D eigenvalue weighted by atomic mass is 10.1. The maximum Gasteiger partial charge on any atom is 0.349 e. The van der Waals surface area contributed by atoms with Crippen LogP contribution < -0.4 is 4.74 Å². The molecule has 0 spiro atoms. The molecule has 0 atom stereocenters. The first-order valence-corrected chi connectivity index (χ1v) is 6.54. The third-order valence-electron chi connectivity index (χ3n) is 2.49. The molecular formula is C15H20O5. The van der Waals surface area contributed by atoms with Gasteiger partial charge in [-0.3, -0.25) is 0 Å². The van der Waals surface area contributed by atoms with E-state index in [1.54, 1.807) is 52.0 Å². The first kappa shape index (κ1) is 16.0. The van der Waals surface area contributed by atoms with Gasteiger partial charge in [-0.15, -0.1) is 0 Å². The molecule has 0 heterocycles. The molecule has 0 amide bonds. The molecule has 0 saturated heterocycles. The normalized spacial score (nSPS) is 10.8. The van der Waals surface area contributed by atoms with Crippen molar-refractivity contribution >= 4 is 11.9 Å². The number of rotatable bonds is 6. The van der Waals surface area contributed by atoms with Crippen LogP contribution in [0, 0.1) is 0 Å². The molecular weight excluding hydrogens is 260 g/mol. The van der Waals surface area contributed by atoms with Crippen LogP contribution in [0.15, 0.2) is 24.3 Å². The quantitative estimate of drug-likeness (QED) is 0.749.